The van der Waals surface area contributed by atoms with Crippen molar-refractivity contribution in [2.45, 2.75) is 6.54 Å². The number of ether oxygens (including phenoxy) is 1. The van der Waals surface area contributed by atoms with Crippen molar-refractivity contribution in [1.29, 1.82) is 0 Å². The molecule has 0 amide bonds. The van der Waals surface area contributed by atoms with Crippen molar-refractivity contribution in [1.82, 2.24) is 9.80 Å². The zero-order valence-corrected chi connectivity index (χ0v) is 16.9. The second-order valence-electron chi connectivity index (χ2n) is 7.03. The molecular formula is C23H25N3OS. The van der Waals surface area contributed by atoms with Crippen molar-refractivity contribution in [2.24, 2.45) is 0 Å². The number of thiocarbonyl (C=S) groups is 1. The van der Waals surface area contributed by atoms with Crippen LogP contribution in [0.3, 0.4) is 0 Å². The van der Waals surface area contributed by atoms with Crippen LogP contribution in [-0.4, -0.2) is 48.2 Å². The van der Waals surface area contributed by atoms with Gasteiger partial charge in [0.05, 0.1) is 12.8 Å². The van der Waals surface area contributed by atoms with E-state index >= 15 is 0 Å². The molecule has 0 aromatic heterocycles. The molecule has 28 heavy (non-hydrogen) atoms. The van der Waals surface area contributed by atoms with Gasteiger partial charge in [0.1, 0.15) is 5.75 Å². The summed E-state index contributed by atoms with van der Waals surface area (Å²) in [5, 5.41) is 6.75. The Hall–Kier alpha value is -2.63. The van der Waals surface area contributed by atoms with Crippen LogP contribution >= 0.6 is 12.2 Å². The van der Waals surface area contributed by atoms with Crippen LogP contribution in [-0.2, 0) is 6.54 Å². The molecule has 0 spiro atoms. The summed E-state index contributed by atoms with van der Waals surface area (Å²) >= 11 is 5.64. The van der Waals surface area contributed by atoms with Crippen LogP contribution in [0.4, 0.5) is 5.69 Å². The summed E-state index contributed by atoms with van der Waals surface area (Å²) in [4.78, 5) is 4.74. The van der Waals surface area contributed by atoms with Gasteiger partial charge in [-0.3, -0.25) is 4.90 Å². The summed E-state index contributed by atoms with van der Waals surface area (Å²) in [5.74, 6) is 0.805. The van der Waals surface area contributed by atoms with Crippen molar-refractivity contribution in [3.63, 3.8) is 0 Å². The molecule has 0 atom stereocenters. The van der Waals surface area contributed by atoms with Gasteiger partial charge in [0.25, 0.3) is 0 Å². The fourth-order valence-corrected chi connectivity index (χ4v) is 4.02. The van der Waals surface area contributed by atoms with Gasteiger partial charge in [-0.1, -0.05) is 54.6 Å². The first kappa shape index (κ1) is 18.7. The minimum atomic E-state index is 0.759. The second-order valence-corrected chi connectivity index (χ2v) is 7.42. The maximum atomic E-state index is 5.64. The Morgan fingerprint density at radius 3 is 2.46 bits per heavy atom. The van der Waals surface area contributed by atoms with E-state index in [-0.39, 0.29) is 0 Å². The van der Waals surface area contributed by atoms with Crippen molar-refractivity contribution in [2.75, 3.05) is 38.6 Å². The summed E-state index contributed by atoms with van der Waals surface area (Å²) in [6.45, 7) is 4.81. The average molecular weight is 392 g/mol. The Balaban J connectivity index is 1.36. The van der Waals surface area contributed by atoms with Crippen LogP contribution in [0.15, 0.2) is 66.7 Å². The van der Waals surface area contributed by atoms with Gasteiger partial charge in [0, 0.05) is 32.7 Å². The number of methoxy groups -OCH3 is 1. The van der Waals surface area contributed by atoms with Crippen LogP contribution in [0.25, 0.3) is 10.8 Å². The molecule has 4 rings (SSSR count). The first-order valence-corrected chi connectivity index (χ1v) is 10.0. The van der Waals surface area contributed by atoms with Crippen LogP contribution in [0.1, 0.15) is 5.56 Å². The molecule has 4 nitrogen and oxygen atoms in total. The van der Waals surface area contributed by atoms with Crippen LogP contribution < -0.4 is 10.1 Å². The lowest BCUT2D eigenvalue weighted by atomic mass is 10.0. The van der Waals surface area contributed by atoms with Gasteiger partial charge in [0.2, 0.25) is 0 Å². The van der Waals surface area contributed by atoms with Gasteiger partial charge in [-0.25, -0.2) is 0 Å². The SMILES string of the molecule is COc1ccccc1NC(=S)N1CCN(Cc2cccc3ccccc23)CC1. The van der Waals surface area contributed by atoms with Gasteiger partial charge >= 0.3 is 0 Å². The molecule has 3 aromatic carbocycles. The summed E-state index contributed by atoms with van der Waals surface area (Å²) in [6, 6.07) is 23.0. The Morgan fingerprint density at radius 1 is 0.929 bits per heavy atom. The van der Waals surface area contributed by atoms with Crippen LogP contribution in [0.5, 0.6) is 5.75 Å². The quantitative estimate of drug-likeness (QED) is 0.667. The van der Waals surface area contributed by atoms with Gasteiger partial charge in [-0.15, -0.1) is 0 Å². The van der Waals surface area contributed by atoms with Gasteiger partial charge in [-0.05, 0) is 40.7 Å². The fraction of sp³-hybridized carbons (Fsp3) is 0.261. The smallest absolute Gasteiger partial charge is 0.173 e. The molecule has 1 N–H and O–H groups in total. The number of para-hydroxylation sites is 2. The Kier molecular flexibility index (Phi) is 5.74. The predicted octanol–water partition coefficient (Wildman–Crippen LogP) is 4.36. The third-order valence-electron chi connectivity index (χ3n) is 5.28. The summed E-state index contributed by atoms with van der Waals surface area (Å²) in [7, 11) is 1.68. The zero-order valence-electron chi connectivity index (χ0n) is 16.1. The largest absolute Gasteiger partial charge is 0.495 e. The lowest BCUT2D eigenvalue weighted by molar-refractivity contribution is 0.177. The number of anilines is 1. The van der Waals surface area contributed by atoms with Crippen molar-refractivity contribution >= 4 is 33.8 Å². The number of hydrogen-bond acceptors (Lipinski definition) is 3. The molecule has 0 radical (unpaired) electrons. The number of piperazine rings is 1. The maximum Gasteiger partial charge on any atom is 0.173 e. The zero-order chi connectivity index (χ0) is 19.3. The van der Waals surface area contributed by atoms with E-state index in [1.165, 1.54) is 16.3 Å². The highest BCUT2D eigenvalue weighted by Gasteiger charge is 2.20. The number of benzene rings is 3. The highest BCUT2D eigenvalue weighted by Crippen LogP contribution is 2.24. The van der Waals surface area contributed by atoms with Crippen molar-refractivity contribution < 1.29 is 4.74 Å². The van der Waals surface area contributed by atoms with Crippen LogP contribution in [0.2, 0.25) is 0 Å². The molecule has 1 aliphatic heterocycles. The average Bonchev–Trinajstić information content (AvgIpc) is 2.75. The molecule has 5 heteroatoms. The molecule has 0 saturated carbocycles. The van der Waals surface area contributed by atoms with Gasteiger partial charge in [-0.2, -0.15) is 0 Å². The molecule has 0 unspecified atom stereocenters. The number of fused-ring (bicyclic) bond motifs is 1. The molecule has 144 valence electrons. The molecule has 1 heterocycles. The third kappa shape index (κ3) is 4.11. The Morgan fingerprint density at radius 2 is 1.64 bits per heavy atom. The van der Waals surface area contributed by atoms with Crippen molar-refractivity contribution in [3.05, 3.63) is 72.3 Å². The van der Waals surface area contributed by atoms with Crippen LogP contribution in [0, 0.1) is 0 Å². The van der Waals surface area contributed by atoms with E-state index in [0.717, 1.165) is 49.3 Å². The normalized spacial score (nSPS) is 14.8. The van der Waals surface area contributed by atoms with E-state index in [1.807, 2.05) is 24.3 Å². The first-order valence-electron chi connectivity index (χ1n) is 9.62. The van der Waals surface area contributed by atoms with Crippen molar-refractivity contribution in [3.8, 4) is 5.75 Å². The highest BCUT2D eigenvalue weighted by atomic mass is 32.1. The fourth-order valence-electron chi connectivity index (χ4n) is 3.72. The van der Waals surface area contributed by atoms with E-state index in [2.05, 4.69) is 57.6 Å². The number of hydrogen-bond donors (Lipinski definition) is 1. The topological polar surface area (TPSA) is 27.7 Å². The maximum absolute atomic E-state index is 5.64. The molecule has 1 saturated heterocycles. The molecule has 3 aromatic rings. The van der Waals surface area contributed by atoms with E-state index in [9.17, 15) is 0 Å². The lowest BCUT2D eigenvalue weighted by Crippen LogP contribution is -2.49. The molecule has 0 bridgehead atoms. The minimum absolute atomic E-state index is 0.759. The first-order chi connectivity index (χ1) is 13.7. The monoisotopic (exact) mass is 391 g/mol. The second kappa shape index (κ2) is 8.59. The standard InChI is InChI=1S/C23H25N3OS/c1-27-22-12-5-4-11-21(22)24-23(28)26-15-13-25(14-16-26)17-19-9-6-8-18-7-2-3-10-20(18)19/h2-12H,13-17H2,1H3,(H,24,28). The molecule has 1 fully saturated rings. The third-order valence-corrected chi connectivity index (χ3v) is 5.64. The number of nitrogens with zero attached hydrogens (tertiary/aromatic N) is 2. The van der Waals surface area contributed by atoms with E-state index in [1.54, 1.807) is 7.11 Å². The Bertz CT molecular complexity index is 961. The lowest BCUT2D eigenvalue weighted by Gasteiger charge is -2.36. The molecule has 1 aliphatic rings. The Labute approximate surface area is 171 Å². The molecule has 0 aliphatic carbocycles. The predicted molar refractivity (Wildman–Crippen MR) is 120 cm³/mol. The number of rotatable bonds is 4. The van der Waals surface area contributed by atoms with E-state index in [4.69, 9.17) is 17.0 Å². The van der Waals surface area contributed by atoms with Gasteiger partial charge in [0.15, 0.2) is 5.11 Å². The molecular weight excluding hydrogens is 366 g/mol. The minimum Gasteiger partial charge on any atom is -0.495 e. The van der Waals surface area contributed by atoms with E-state index < -0.39 is 0 Å². The number of nitrogens with one attached hydrogen (secondary N) is 1. The summed E-state index contributed by atoms with van der Waals surface area (Å²) in [6.07, 6.45) is 0. The summed E-state index contributed by atoms with van der Waals surface area (Å²) in [5.41, 5.74) is 2.30. The van der Waals surface area contributed by atoms with E-state index in [0.29, 0.717) is 0 Å². The van der Waals surface area contributed by atoms with Gasteiger partial charge < -0.3 is 15.0 Å². The summed E-state index contributed by atoms with van der Waals surface area (Å²) < 4.78 is 5.40. The highest BCUT2D eigenvalue weighted by molar-refractivity contribution is 7.80.